The first-order valence-corrected chi connectivity index (χ1v) is 7.21. The highest BCUT2D eigenvalue weighted by atomic mass is 16.5. The Balaban J connectivity index is 2.02. The summed E-state index contributed by atoms with van der Waals surface area (Å²) in [6.45, 7) is 2.27. The summed E-state index contributed by atoms with van der Waals surface area (Å²) in [5.74, 6) is 2.40. The van der Waals surface area contributed by atoms with Gasteiger partial charge in [0.25, 0.3) is 0 Å². The first-order chi connectivity index (χ1) is 9.26. The molecule has 1 aromatic rings. The minimum atomic E-state index is 0.00360. The highest BCUT2D eigenvalue weighted by molar-refractivity contribution is 5.40. The molecule has 106 valence electrons. The number of rotatable bonds is 5. The van der Waals surface area contributed by atoms with Crippen LogP contribution in [0.15, 0.2) is 18.2 Å². The molecule has 0 amide bonds. The monoisotopic (exact) mass is 264 g/mol. The van der Waals surface area contributed by atoms with E-state index in [9.17, 15) is 5.11 Å². The molecule has 0 aromatic heterocycles. The molecule has 3 nitrogen and oxygen atoms in total. The van der Waals surface area contributed by atoms with Gasteiger partial charge in [0.2, 0.25) is 0 Å². The van der Waals surface area contributed by atoms with Crippen molar-refractivity contribution in [1.29, 1.82) is 0 Å². The predicted octanol–water partition coefficient (Wildman–Crippen LogP) is 3.54. The first-order valence-electron chi connectivity index (χ1n) is 7.21. The summed E-state index contributed by atoms with van der Waals surface area (Å²) in [6, 6.07) is 5.59. The summed E-state index contributed by atoms with van der Waals surface area (Å²) in [6.07, 6.45) is 6.27. The van der Waals surface area contributed by atoms with E-state index in [0.717, 1.165) is 35.8 Å². The average molecular weight is 264 g/mol. The second kappa shape index (κ2) is 6.80. The zero-order valence-electron chi connectivity index (χ0n) is 11.9. The van der Waals surface area contributed by atoms with Gasteiger partial charge in [-0.05, 0) is 43.7 Å². The molecule has 0 radical (unpaired) electrons. The summed E-state index contributed by atoms with van der Waals surface area (Å²) >= 11 is 0. The maximum absolute atomic E-state index is 9.37. The van der Waals surface area contributed by atoms with Crippen LogP contribution in [0, 0.1) is 5.92 Å². The largest absolute Gasteiger partial charge is 0.497 e. The van der Waals surface area contributed by atoms with Crippen LogP contribution in [-0.2, 0) is 6.61 Å². The van der Waals surface area contributed by atoms with Gasteiger partial charge in [0.15, 0.2) is 0 Å². The highest BCUT2D eigenvalue weighted by Gasteiger charge is 2.22. The number of benzene rings is 1. The molecule has 2 rings (SSSR count). The highest BCUT2D eigenvalue weighted by Crippen LogP contribution is 2.32. The quantitative estimate of drug-likeness (QED) is 0.884. The van der Waals surface area contributed by atoms with Gasteiger partial charge in [0, 0.05) is 11.6 Å². The Hall–Kier alpha value is -1.22. The fraction of sp³-hybridized carbons (Fsp3) is 0.625. The van der Waals surface area contributed by atoms with Crippen molar-refractivity contribution < 1.29 is 14.6 Å². The molecule has 1 saturated carbocycles. The van der Waals surface area contributed by atoms with Crippen molar-refractivity contribution in [2.45, 2.75) is 51.7 Å². The maximum Gasteiger partial charge on any atom is 0.128 e. The average Bonchev–Trinajstić information content (AvgIpc) is 2.48. The Morgan fingerprint density at radius 3 is 2.53 bits per heavy atom. The lowest BCUT2D eigenvalue weighted by Gasteiger charge is -2.29. The van der Waals surface area contributed by atoms with E-state index in [0.29, 0.717) is 0 Å². The van der Waals surface area contributed by atoms with Crippen molar-refractivity contribution in [3.63, 3.8) is 0 Å². The summed E-state index contributed by atoms with van der Waals surface area (Å²) in [4.78, 5) is 0. The number of hydrogen-bond donors (Lipinski definition) is 1. The molecule has 3 heteroatoms. The maximum atomic E-state index is 9.37. The van der Waals surface area contributed by atoms with E-state index < -0.39 is 0 Å². The molecular weight excluding hydrogens is 240 g/mol. The van der Waals surface area contributed by atoms with Crippen molar-refractivity contribution >= 4 is 0 Å². The van der Waals surface area contributed by atoms with Crippen LogP contribution in [0.5, 0.6) is 11.5 Å². The van der Waals surface area contributed by atoms with Crippen LogP contribution in [0.3, 0.4) is 0 Å². The van der Waals surface area contributed by atoms with Gasteiger partial charge in [-0.15, -0.1) is 0 Å². The summed E-state index contributed by atoms with van der Waals surface area (Å²) in [7, 11) is 1.64. The third kappa shape index (κ3) is 3.63. The molecule has 0 bridgehead atoms. The Kier molecular flexibility index (Phi) is 5.08. The predicted molar refractivity (Wildman–Crippen MR) is 75.6 cm³/mol. The standard InChI is InChI=1S/C16H24O3/c1-3-12-4-7-14(8-5-12)19-16-10-15(18-2)9-6-13(16)11-17/h6,9-10,12,14,17H,3-5,7-8,11H2,1-2H3. The van der Waals surface area contributed by atoms with Gasteiger partial charge in [-0.3, -0.25) is 0 Å². The summed E-state index contributed by atoms with van der Waals surface area (Å²) in [5.41, 5.74) is 0.832. The van der Waals surface area contributed by atoms with Gasteiger partial charge >= 0.3 is 0 Å². The third-order valence-corrected chi connectivity index (χ3v) is 4.11. The smallest absolute Gasteiger partial charge is 0.128 e. The molecule has 0 heterocycles. The third-order valence-electron chi connectivity index (χ3n) is 4.11. The van der Waals surface area contributed by atoms with Crippen LogP contribution in [-0.4, -0.2) is 18.3 Å². The van der Waals surface area contributed by atoms with E-state index in [4.69, 9.17) is 9.47 Å². The second-order valence-electron chi connectivity index (χ2n) is 5.30. The van der Waals surface area contributed by atoms with Crippen LogP contribution in [0.2, 0.25) is 0 Å². The number of hydrogen-bond acceptors (Lipinski definition) is 3. The van der Waals surface area contributed by atoms with Crippen molar-refractivity contribution in [2.24, 2.45) is 5.92 Å². The Bertz CT molecular complexity index is 395. The molecule has 0 atom stereocenters. The summed E-state index contributed by atoms with van der Waals surface area (Å²) in [5, 5.41) is 9.37. The SMILES string of the molecule is CCC1CCC(Oc2cc(OC)ccc2CO)CC1. The number of ether oxygens (including phenoxy) is 2. The van der Waals surface area contributed by atoms with Crippen LogP contribution in [0.25, 0.3) is 0 Å². The van der Waals surface area contributed by atoms with Gasteiger partial charge < -0.3 is 14.6 Å². The molecular formula is C16H24O3. The lowest BCUT2D eigenvalue weighted by Crippen LogP contribution is -2.24. The van der Waals surface area contributed by atoms with E-state index in [1.54, 1.807) is 7.11 Å². The number of aliphatic hydroxyl groups is 1. The first kappa shape index (κ1) is 14.2. The van der Waals surface area contributed by atoms with Gasteiger partial charge in [0.1, 0.15) is 11.5 Å². The lowest BCUT2D eigenvalue weighted by atomic mass is 9.86. The van der Waals surface area contributed by atoms with E-state index in [1.807, 2.05) is 18.2 Å². The molecule has 1 aliphatic rings. The summed E-state index contributed by atoms with van der Waals surface area (Å²) < 4.78 is 11.3. The Morgan fingerprint density at radius 2 is 1.95 bits per heavy atom. The fourth-order valence-corrected chi connectivity index (χ4v) is 2.74. The second-order valence-corrected chi connectivity index (χ2v) is 5.30. The lowest BCUT2D eigenvalue weighted by molar-refractivity contribution is 0.126. The molecule has 19 heavy (non-hydrogen) atoms. The number of aliphatic hydroxyl groups excluding tert-OH is 1. The molecule has 1 aromatic carbocycles. The molecule has 0 saturated heterocycles. The van der Waals surface area contributed by atoms with Crippen LogP contribution >= 0.6 is 0 Å². The minimum Gasteiger partial charge on any atom is -0.497 e. The fourth-order valence-electron chi connectivity index (χ4n) is 2.74. The topological polar surface area (TPSA) is 38.7 Å². The van der Waals surface area contributed by atoms with E-state index in [2.05, 4.69) is 6.92 Å². The Labute approximate surface area is 115 Å². The van der Waals surface area contributed by atoms with Gasteiger partial charge in [-0.2, -0.15) is 0 Å². The normalized spacial score (nSPS) is 23.1. The van der Waals surface area contributed by atoms with Crippen molar-refractivity contribution in [3.05, 3.63) is 23.8 Å². The zero-order chi connectivity index (χ0) is 13.7. The molecule has 1 aliphatic carbocycles. The van der Waals surface area contributed by atoms with E-state index >= 15 is 0 Å². The van der Waals surface area contributed by atoms with Crippen molar-refractivity contribution in [1.82, 2.24) is 0 Å². The molecule has 1 N–H and O–H groups in total. The van der Waals surface area contributed by atoms with Gasteiger partial charge in [-0.25, -0.2) is 0 Å². The molecule has 1 fully saturated rings. The van der Waals surface area contributed by atoms with Gasteiger partial charge in [0.05, 0.1) is 19.8 Å². The molecule has 0 aliphatic heterocycles. The van der Waals surface area contributed by atoms with Crippen molar-refractivity contribution in [3.8, 4) is 11.5 Å². The van der Waals surface area contributed by atoms with E-state index in [1.165, 1.54) is 19.3 Å². The molecule has 0 spiro atoms. The van der Waals surface area contributed by atoms with Gasteiger partial charge in [-0.1, -0.05) is 13.3 Å². The van der Waals surface area contributed by atoms with Crippen LogP contribution < -0.4 is 9.47 Å². The molecule has 0 unspecified atom stereocenters. The number of methoxy groups -OCH3 is 1. The van der Waals surface area contributed by atoms with Crippen LogP contribution in [0.1, 0.15) is 44.6 Å². The minimum absolute atomic E-state index is 0.00360. The Morgan fingerprint density at radius 1 is 1.21 bits per heavy atom. The van der Waals surface area contributed by atoms with Crippen LogP contribution in [0.4, 0.5) is 0 Å². The van der Waals surface area contributed by atoms with Crippen molar-refractivity contribution in [2.75, 3.05) is 7.11 Å². The zero-order valence-corrected chi connectivity index (χ0v) is 11.9. The van der Waals surface area contributed by atoms with E-state index in [-0.39, 0.29) is 12.7 Å².